The number of amides is 1. The maximum Gasteiger partial charge on any atom is 0.234 e. The normalized spacial score (nSPS) is 18.5. The highest BCUT2D eigenvalue weighted by Crippen LogP contribution is 2.17. The summed E-state index contributed by atoms with van der Waals surface area (Å²) in [5.41, 5.74) is 0. The van der Waals surface area contributed by atoms with Crippen molar-refractivity contribution in [3.8, 4) is 0 Å². The average Bonchev–Trinajstić information content (AvgIpc) is 2.91. The first kappa shape index (κ1) is 13.5. The largest absolute Gasteiger partial charge is 0.381 e. The molecule has 100 valence electrons. The predicted molar refractivity (Wildman–Crippen MR) is 72.7 cm³/mol. The molecule has 0 spiro atoms. The Morgan fingerprint density at radius 1 is 1.56 bits per heavy atom. The molecule has 4 nitrogen and oxygen atoms in total. The SMILES string of the molecule is CC(NCC(=O)NC1CCOCC1)c1cccs1. The van der Waals surface area contributed by atoms with E-state index in [1.165, 1.54) is 4.88 Å². The Balaban J connectivity index is 1.68. The molecule has 2 N–H and O–H groups in total. The minimum atomic E-state index is 0.0744. The molecule has 2 heterocycles. The predicted octanol–water partition coefficient (Wildman–Crippen LogP) is 1.69. The van der Waals surface area contributed by atoms with Gasteiger partial charge in [0.15, 0.2) is 0 Å². The van der Waals surface area contributed by atoms with Gasteiger partial charge in [0.05, 0.1) is 6.54 Å². The van der Waals surface area contributed by atoms with Gasteiger partial charge < -0.3 is 15.4 Å². The number of carbonyl (C=O) groups is 1. The topological polar surface area (TPSA) is 50.4 Å². The highest BCUT2D eigenvalue weighted by atomic mass is 32.1. The van der Waals surface area contributed by atoms with Gasteiger partial charge in [-0.2, -0.15) is 0 Å². The Labute approximate surface area is 112 Å². The van der Waals surface area contributed by atoms with Crippen molar-refractivity contribution in [2.45, 2.75) is 31.8 Å². The van der Waals surface area contributed by atoms with E-state index >= 15 is 0 Å². The number of rotatable bonds is 5. The zero-order chi connectivity index (χ0) is 12.8. The Morgan fingerprint density at radius 2 is 2.33 bits per heavy atom. The van der Waals surface area contributed by atoms with Gasteiger partial charge >= 0.3 is 0 Å². The van der Waals surface area contributed by atoms with Crippen molar-refractivity contribution in [2.75, 3.05) is 19.8 Å². The van der Waals surface area contributed by atoms with Crippen molar-refractivity contribution in [3.05, 3.63) is 22.4 Å². The van der Waals surface area contributed by atoms with E-state index in [1.807, 2.05) is 6.07 Å². The fourth-order valence-corrected chi connectivity index (χ4v) is 2.76. The second-order valence-corrected chi connectivity index (χ2v) is 5.55. The summed E-state index contributed by atoms with van der Waals surface area (Å²) in [4.78, 5) is 13.0. The number of hydrogen-bond acceptors (Lipinski definition) is 4. The number of hydrogen-bond donors (Lipinski definition) is 2. The van der Waals surface area contributed by atoms with Crippen LogP contribution in [0.25, 0.3) is 0 Å². The van der Waals surface area contributed by atoms with Gasteiger partial charge in [0.2, 0.25) is 5.91 Å². The van der Waals surface area contributed by atoms with Crippen LogP contribution in [0, 0.1) is 0 Å². The third-order valence-corrected chi connectivity index (χ3v) is 4.18. The van der Waals surface area contributed by atoms with Crippen molar-refractivity contribution >= 4 is 17.2 Å². The van der Waals surface area contributed by atoms with Crippen molar-refractivity contribution < 1.29 is 9.53 Å². The second-order valence-electron chi connectivity index (χ2n) is 4.57. The monoisotopic (exact) mass is 268 g/mol. The van der Waals surface area contributed by atoms with E-state index in [-0.39, 0.29) is 18.0 Å². The van der Waals surface area contributed by atoms with E-state index in [0.29, 0.717) is 6.54 Å². The molecule has 1 aromatic heterocycles. The molecular formula is C13H20N2O2S. The Hall–Kier alpha value is -0.910. The summed E-state index contributed by atoms with van der Waals surface area (Å²) in [5.74, 6) is 0.0744. The first-order valence-corrected chi connectivity index (χ1v) is 7.27. The molecule has 18 heavy (non-hydrogen) atoms. The second kappa shape index (κ2) is 6.87. The van der Waals surface area contributed by atoms with Crippen LogP contribution in [-0.4, -0.2) is 31.7 Å². The fourth-order valence-electron chi connectivity index (χ4n) is 2.00. The molecule has 5 heteroatoms. The number of nitrogens with one attached hydrogen (secondary N) is 2. The van der Waals surface area contributed by atoms with Crippen molar-refractivity contribution in [1.29, 1.82) is 0 Å². The summed E-state index contributed by atoms with van der Waals surface area (Å²) < 4.78 is 5.26. The van der Waals surface area contributed by atoms with Crippen molar-refractivity contribution in [2.24, 2.45) is 0 Å². The van der Waals surface area contributed by atoms with Gasteiger partial charge in [-0.05, 0) is 31.2 Å². The standard InChI is InChI=1S/C13H20N2O2S/c1-10(12-3-2-8-18-12)14-9-13(16)15-11-4-6-17-7-5-11/h2-3,8,10-11,14H,4-7,9H2,1H3,(H,15,16). The number of carbonyl (C=O) groups excluding carboxylic acids is 1. The summed E-state index contributed by atoms with van der Waals surface area (Å²) >= 11 is 1.71. The average molecular weight is 268 g/mol. The number of ether oxygens (including phenoxy) is 1. The van der Waals surface area contributed by atoms with Crippen LogP contribution in [-0.2, 0) is 9.53 Å². The van der Waals surface area contributed by atoms with Crippen LogP contribution >= 0.6 is 11.3 Å². The highest BCUT2D eigenvalue weighted by Gasteiger charge is 2.16. The van der Waals surface area contributed by atoms with Gasteiger partial charge in [0.1, 0.15) is 0 Å². The lowest BCUT2D eigenvalue weighted by Gasteiger charge is -2.23. The fraction of sp³-hybridized carbons (Fsp3) is 0.615. The molecule has 0 aliphatic carbocycles. The molecule has 1 aliphatic heterocycles. The Bertz CT molecular complexity index is 361. The van der Waals surface area contributed by atoms with Crippen molar-refractivity contribution in [1.82, 2.24) is 10.6 Å². The van der Waals surface area contributed by atoms with E-state index < -0.39 is 0 Å². The molecule has 1 atom stereocenters. The van der Waals surface area contributed by atoms with Gasteiger partial charge in [-0.1, -0.05) is 6.07 Å². The lowest BCUT2D eigenvalue weighted by atomic mass is 10.1. The summed E-state index contributed by atoms with van der Waals surface area (Å²) in [6.07, 6.45) is 1.85. The van der Waals surface area contributed by atoms with Crippen LogP contribution in [0.15, 0.2) is 17.5 Å². The molecule has 0 saturated carbocycles. The molecule has 1 unspecified atom stereocenters. The van der Waals surface area contributed by atoms with Crippen LogP contribution in [0.3, 0.4) is 0 Å². The molecule has 1 aliphatic rings. The van der Waals surface area contributed by atoms with Gasteiger partial charge in [-0.3, -0.25) is 4.79 Å². The summed E-state index contributed by atoms with van der Waals surface area (Å²) in [7, 11) is 0. The van der Waals surface area contributed by atoms with E-state index in [9.17, 15) is 4.79 Å². The van der Waals surface area contributed by atoms with Gasteiger partial charge in [0, 0.05) is 30.2 Å². The van der Waals surface area contributed by atoms with E-state index in [4.69, 9.17) is 4.74 Å². The zero-order valence-electron chi connectivity index (χ0n) is 10.6. The highest BCUT2D eigenvalue weighted by molar-refractivity contribution is 7.10. The van der Waals surface area contributed by atoms with Crippen molar-refractivity contribution in [3.63, 3.8) is 0 Å². The molecule has 1 saturated heterocycles. The summed E-state index contributed by atoms with van der Waals surface area (Å²) in [6.45, 7) is 3.96. The third kappa shape index (κ3) is 4.08. The number of thiophene rings is 1. The van der Waals surface area contributed by atoms with E-state index in [1.54, 1.807) is 11.3 Å². The maximum absolute atomic E-state index is 11.8. The van der Waals surface area contributed by atoms with Crippen LogP contribution < -0.4 is 10.6 Å². The van der Waals surface area contributed by atoms with Crippen LogP contribution in [0.1, 0.15) is 30.7 Å². The quantitative estimate of drug-likeness (QED) is 0.854. The maximum atomic E-state index is 11.8. The van der Waals surface area contributed by atoms with E-state index in [2.05, 4.69) is 29.0 Å². The lowest BCUT2D eigenvalue weighted by molar-refractivity contribution is -0.121. The third-order valence-electron chi connectivity index (χ3n) is 3.13. The Morgan fingerprint density at radius 3 is 3.00 bits per heavy atom. The van der Waals surface area contributed by atoms with Gasteiger partial charge in [0.25, 0.3) is 0 Å². The zero-order valence-corrected chi connectivity index (χ0v) is 11.5. The minimum Gasteiger partial charge on any atom is -0.381 e. The molecule has 0 radical (unpaired) electrons. The van der Waals surface area contributed by atoms with Crippen LogP contribution in [0.2, 0.25) is 0 Å². The minimum absolute atomic E-state index is 0.0744. The molecular weight excluding hydrogens is 248 g/mol. The summed E-state index contributed by atoms with van der Waals surface area (Å²) in [6, 6.07) is 4.62. The first-order chi connectivity index (χ1) is 8.75. The van der Waals surface area contributed by atoms with Gasteiger partial charge in [-0.15, -0.1) is 11.3 Å². The first-order valence-electron chi connectivity index (χ1n) is 6.39. The molecule has 0 bridgehead atoms. The molecule has 2 rings (SSSR count). The van der Waals surface area contributed by atoms with E-state index in [0.717, 1.165) is 26.1 Å². The Kier molecular flexibility index (Phi) is 5.16. The molecule has 1 amide bonds. The molecule has 1 fully saturated rings. The molecule has 1 aromatic rings. The molecule has 0 aromatic carbocycles. The summed E-state index contributed by atoms with van der Waals surface area (Å²) in [5, 5.41) is 8.33. The van der Waals surface area contributed by atoms with Gasteiger partial charge in [-0.25, -0.2) is 0 Å². The van der Waals surface area contributed by atoms with Crippen LogP contribution in [0.5, 0.6) is 0 Å². The van der Waals surface area contributed by atoms with Crippen LogP contribution in [0.4, 0.5) is 0 Å². The smallest absolute Gasteiger partial charge is 0.234 e. The lowest BCUT2D eigenvalue weighted by Crippen LogP contribution is -2.43.